The van der Waals surface area contributed by atoms with Crippen molar-refractivity contribution in [1.82, 2.24) is 4.98 Å². The first-order valence-electron chi connectivity index (χ1n) is 13.6. The van der Waals surface area contributed by atoms with Crippen LogP contribution < -0.4 is 14.5 Å². The molecular formula is C32H26N2O4S2. The van der Waals surface area contributed by atoms with Gasteiger partial charge >= 0.3 is 4.87 Å². The summed E-state index contributed by atoms with van der Waals surface area (Å²) >= 11 is 2.98. The summed E-state index contributed by atoms with van der Waals surface area (Å²) in [7, 11) is 0. The molecule has 7 atom stereocenters. The van der Waals surface area contributed by atoms with E-state index in [4.69, 9.17) is 4.74 Å². The van der Waals surface area contributed by atoms with Crippen molar-refractivity contribution in [3.63, 3.8) is 0 Å². The Hall–Kier alpha value is -3.62. The summed E-state index contributed by atoms with van der Waals surface area (Å²) in [5.41, 5.74) is 2.83. The minimum atomic E-state index is -0.316. The van der Waals surface area contributed by atoms with Crippen LogP contribution in [0.2, 0.25) is 0 Å². The first-order chi connectivity index (χ1) is 19.5. The highest BCUT2D eigenvalue weighted by atomic mass is 32.2. The fraction of sp³-hybridized carbons (Fsp3) is 0.281. The molecule has 3 aromatic carbocycles. The van der Waals surface area contributed by atoms with Gasteiger partial charge in [0.25, 0.3) is 0 Å². The highest BCUT2D eigenvalue weighted by molar-refractivity contribution is 8.00. The van der Waals surface area contributed by atoms with Gasteiger partial charge in [0.15, 0.2) is 0 Å². The zero-order valence-electron chi connectivity index (χ0n) is 21.7. The number of rotatable bonds is 4. The summed E-state index contributed by atoms with van der Waals surface area (Å²) in [4.78, 5) is 45.8. The molecule has 0 spiro atoms. The van der Waals surface area contributed by atoms with Crippen molar-refractivity contribution in [2.45, 2.75) is 29.5 Å². The number of amides is 2. The summed E-state index contributed by atoms with van der Waals surface area (Å²) in [5, 5.41) is 1.06. The quantitative estimate of drug-likeness (QED) is 0.297. The molecule has 4 aliphatic rings. The average Bonchev–Trinajstić information content (AvgIpc) is 3.69. The first kappa shape index (κ1) is 24.2. The van der Waals surface area contributed by atoms with Crippen molar-refractivity contribution in [1.29, 1.82) is 0 Å². The molecule has 2 aliphatic carbocycles. The molecule has 3 heterocycles. The third-order valence-electron chi connectivity index (χ3n) is 9.21. The molecule has 8 heteroatoms. The molecule has 0 radical (unpaired) electrons. The van der Waals surface area contributed by atoms with E-state index < -0.39 is 0 Å². The van der Waals surface area contributed by atoms with E-state index in [2.05, 4.69) is 17.1 Å². The van der Waals surface area contributed by atoms with E-state index in [0.29, 0.717) is 5.69 Å². The van der Waals surface area contributed by atoms with E-state index >= 15 is 0 Å². The van der Waals surface area contributed by atoms with E-state index in [1.165, 1.54) is 16.2 Å². The van der Waals surface area contributed by atoms with Gasteiger partial charge in [-0.3, -0.25) is 19.3 Å². The summed E-state index contributed by atoms with van der Waals surface area (Å²) < 4.78 is 6.17. The summed E-state index contributed by atoms with van der Waals surface area (Å²) in [6.45, 7) is 2.00. The lowest BCUT2D eigenvalue weighted by atomic mass is 9.68. The van der Waals surface area contributed by atoms with E-state index in [9.17, 15) is 14.4 Å². The molecule has 200 valence electrons. The lowest BCUT2D eigenvalue weighted by Crippen LogP contribution is -2.42. The maximum absolute atomic E-state index is 13.9. The van der Waals surface area contributed by atoms with Crippen LogP contribution in [0.15, 0.2) is 88.7 Å². The molecule has 4 aromatic rings. The number of carbonyl (C=O) groups excluding carboxylic acids is 2. The van der Waals surface area contributed by atoms with Crippen LogP contribution >= 0.6 is 23.1 Å². The Kier molecular flexibility index (Phi) is 5.41. The number of aryl methyl sites for hydroxylation is 1. The molecule has 6 nitrogen and oxygen atoms in total. The highest BCUT2D eigenvalue weighted by Gasteiger charge is 2.69. The maximum atomic E-state index is 13.9. The smallest absolute Gasteiger partial charge is 0.305 e. The zero-order valence-corrected chi connectivity index (χ0v) is 23.3. The molecule has 1 N–H and O–H groups in total. The van der Waals surface area contributed by atoms with Crippen molar-refractivity contribution in [3.05, 3.63) is 105 Å². The van der Waals surface area contributed by atoms with Crippen LogP contribution in [0, 0.1) is 36.5 Å². The van der Waals surface area contributed by atoms with Crippen LogP contribution in [0.4, 0.5) is 5.69 Å². The molecule has 40 heavy (non-hydrogen) atoms. The third kappa shape index (κ3) is 3.52. The lowest BCUT2D eigenvalue weighted by molar-refractivity contribution is -0.123. The fourth-order valence-electron chi connectivity index (χ4n) is 7.73. The molecule has 2 aliphatic heterocycles. The highest BCUT2D eigenvalue weighted by Crippen LogP contribution is 2.68. The van der Waals surface area contributed by atoms with Crippen LogP contribution in [-0.4, -0.2) is 22.0 Å². The van der Waals surface area contributed by atoms with Gasteiger partial charge in [0.1, 0.15) is 11.5 Å². The normalized spacial score (nSPS) is 29.8. The molecule has 7 unspecified atom stereocenters. The van der Waals surface area contributed by atoms with Crippen molar-refractivity contribution < 1.29 is 14.3 Å². The number of hydrogen-bond acceptors (Lipinski definition) is 6. The predicted octanol–water partition coefficient (Wildman–Crippen LogP) is 6.22. The number of aromatic amines is 1. The molecule has 3 fully saturated rings. The Labute approximate surface area is 239 Å². The van der Waals surface area contributed by atoms with Crippen molar-refractivity contribution in [2.24, 2.45) is 29.6 Å². The van der Waals surface area contributed by atoms with Gasteiger partial charge in [-0.05, 0) is 73.1 Å². The molecule has 2 bridgehead atoms. The molecule has 2 saturated carbocycles. The van der Waals surface area contributed by atoms with E-state index in [-0.39, 0.29) is 57.4 Å². The number of hydrogen-bond donors (Lipinski definition) is 1. The topological polar surface area (TPSA) is 79.5 Å². The second-order valence-corrected chi connectivity index (χ2v) is 13.5. The van der Waals surface area contributed by atoms with Crippen LogP contribution in [-0.2, 0) is 9.59 Å². The number of nitrogens with one attached hydrogen (secondary N) is 1. The van der Waals surface area contributed by atoms with E-state index in [1.54, 1.807) is 11.8 Å². The Balaban J connectivity index is 1.19. The Morgan fingerprint density at radius 1 is 0.850 bits per heavy atom. The van der Waals surface area contributed by atoms with Gasteiger partial charge in [-0.25, -0.2) is 0 Å². The van der Waals surface area contributed by atoms with Crippen LogP contribution in [0.1, 0.15) is 28.3 Å². The number of ether oxygens (including phenoxy) is 1. The number of para-hydroxylation sites is 1. The second kappa shape index (κ2) is 8.94. The van der Waals surface area contributed by atoms with Gasteiger partial charge in [0, 0.05) is 16.0 Å². The van der Waals surface area contributed by atoms with Gasteiger partial charge in [-0.15, -0.1) is 11.8 Å². The van der Waals surface area contributed by atoms with Gasteiger partial charge in [0.05, 0.1) is 22.5 Å². The number of aromatic nitrogens is 1. The first-order valence-corrected chi connectivity index (χ1v) is 15.3. The number of nitrogens with zero attached hydrogens (tertiary/aromatic N) is 1. The molecule has 1 aromatic heterocycles. The zero-order chi connectivity index (χ0) is 27.1. The largest absolute Gasteiger partial charge is 0.457 e. The Morgan fingerprint density at radius 2 is 1.57 bits per heavy atom. The number of thiazole rings is 1. The number of imide groups is 1. The monoisotopic (exact) mass is 566 g/mol. The van der Waals surface area contributed by atoms with Gasteiger partial charge in [0.2, 0.25) is 11.8 Å². The van der Waals surface area contributed by atoms with Crippen molar-refractivity contribution >= 4 is 40.6 Å². The summed E-state index contributed by atoms with van der Waals surface area (Å²) in [5.74, 6) is 1.03. The number of H-pyrrole nitrogens is 1. The number of carbonyl (C=O) groups is 2. The molecule has 8 rings (SSSR count). The van der Waals surface area contributed by atoms with Crippen molar-refractivity contribution in [3.8, 4) is 11.5 Å². The standard InChI is InChI=1S/C32H26N2O4S2/c1-16-10-12-18(13-11-16)34-30(35)25-21-15-22(26(25)31(34)36)27-24(21)23(28-29(39-27)33-32(37)40-28)17-6-5-9-20(14-17)38-19-7-3-2-4-8-19/h2-14,21-27H,15H2,1H3,(H,33,37). The predicted molar refractivity (Wildman–Crippen MR) is 155 cm³/mol. The van der Waals surface area contributed by atoms with E-state index in [0.717, 1.165) is 38.9 Å². The number of thioether (sulfide) groups is 1. The number of benzene rings is 3. The second-order valence-electron chi connectivity index (χ2n) is 11.3. The summed E-state index contributed by atoms with van der Waals surface area (Å²) in [6, 6.07) is 25.5. The Bertz CT molecular complexity index is 1710. The minimum absolute atomic E-state index is 0.0446. The van der Waals surface area contributed by atoms with Gasteiger partial charge < -0.3 is 9.72 Å². The average molecular weight is 567 g/mol. The molecule has 1 saturated heterocycles. The van der Waals surface area contributed by atoms with Crippen molar-refractivity contribution in [2.75, 3.05) is 4.90 Å². The molecule has 2 amide bonds. The Morgan fingerprint density at radius 3 is 2.35 bits per heavy atom. The third-order valence-corrected chi connectivity index (χ3v) is 11.8. The van der Waals surface area contributed by atoms with E-state index in [1.807, 2.05) is 73.7 Å². The van der Waals surface area contributed by atoms with Crippen LogP contribution in [0.25, 0.3) is 0 Å². The van der Waals surface area contributed by atoms with Crippen LogP contribution in [0.3, 0.4) is 0 Å². The SMILES string of the molecule is Cc1ccc(N2C(=O)C3C4CC(C3C2=O)C2C(c3cccc(Oc5ccccc5)c3)c3sc(=O)[nH]c3SC42)cc1. The maximum Gasteiger partial charge on any atom is 0.305 e. The number of fused-ring (bicyclic) bond motifs is 9. The number of anilines is 1. The van der Waals surface area contributed by atoms with Gasteiger partial charge in [-0.2, -0.15) is 0 Å². The summed E-state index contributed by atoms with van der Waals surface area (Å²) in [6.07, 6.45) is 0.868. The minimum Gasteiger partial charge on any atom is -0.457 e. The van der Waals surface area contributed by atoms with Gasteiger partial charge in [-0.1, -0.05) is 59.4 Å². The fourth-order valence-corrected chi connectivity index (χ4v) is 10.6. The van der Waals surface area contributed by atoms with Crippen LogP contribution in [0.5, 0.6) is 11.5 Å². The molecular weight excluding hydrogens is 540 g/mol. The lowest BCUT2D eigenvalue weighted by Gasteiger charge is -2.43.